The number of amidine groups is 2. The first-order valence-electron chi connectivity index (χ1n) is 17.9. The molecule has 4 nitrogen and oxygen atoms in total. The van der Waals surface area contributed by atoms with Crippen LogP contribution in [0.5, 0.6) is 0 Å². The number of nitrogens with zero attached hydrogens (tertiary/aromatic N) is 2. The Bertz CT molecular complexity index is 2840. The lowest BCUT2D eigenvalue weighted by atomic mass is 9.94. The molecule has 2 heterocycles. The maximum Gasteiger partial charge on any atom is 0.170 e. The molecular weight excluding hydrogens is 647 g/mol. The van der Waals surface area contributed by atoms with Crippen molar-refractivity contribution in [3.63, 3.8) is 0 Å². The van der Waals surface area contributed by atoms with E-state index in [2.05, 4.69) is 163 Å². The van der Waals surface area contributed by atoms with E-state index in [4.69, 9.17) is 14.4 Å². The van der Waals surface area contributed by atoms with Gasteiger partial charge in [0.05, 0.1) is 0 Å². The summed E-state index contributed by atoms with van der Waals surface area (Å²) >= 11 is 0. The lowest BCUT2D eigenvalue weighted by molar-refractivity contribution is 0.668. The molecule has 0 aliphatic carbocycles. The first kappa shape index (κ1) is 30.8. The summed E-state index contributed by atoms with van der Waals surface area (Å²) in [4.78, 5) is 10.7. The molecule has 0 saturated heterocycles. The molecule has 1 aliphatic heterocycles. The fourth-order valence-corrected chi connectivity index (χ4v) is 7.43. The number of rotatable bonds is 6. The molecule has 1 aliphatic rings. The van der Waals surface area contributed by atoms with Crippen LogP contribution >= 0.6 is 0 Å². The molecule has 1 atom stereocenters. The van der Waals surface area contributed by atoms with Gasteiger partial charge >= 0.3 is 0 Å². The third kappa shape index (κ3) is 5.77. The smallest absolute Gasteiger partial charge is 0.170 e. The number of hydrogen-bond donors (Lipinski definition) is 1. The fraction of sp³-hybridized carbons (Fsp3) is 0.0204. The van der Waals surface area contributed by atoms with Crippen molar-refractivity contribution < 1.29 is 4.42 Å². The quantitative estimate of drug-likeness (QED) is 0.190. The SMILES string of the molecule is c1ccc(C2=NC(c3cc(-c4cccc(-c5ccccc5)c4)cc4oc5cc6ccccc6cc5c34)N=C(c3ccc(-c4ccccc4)cc3)N2)cc1. The van der Waals surface area contributed by atoms with Crippen molar-refractivity contribution in [3.8, 4) is 33.4 Å². The molecule has 0 spiro atoms. The Morgan fingerprint density at radius 1 is 0.377 bits per heavy atom. The second-order valence-corrected chi connectivity index (χ2v) is 13.4. The zero-order chi connectivity index (χ0) is 35.1. The third-order valence-electron chi connectivity index (χ3n) is 10.1. The predicted octanol–water partition coefficient (Wildman–Crippen LogP) is 12.2. The van der Waals surface area contributed by atoms with Crippen LogP contribution in [0.25, 0.3) is 66.1 Å². The summed E-state index contributed by atoms with van der Waals surface area (Å²) in [5, 5.41) is 7.98. The zero-order valence-corrected chi connectivity index (χ0v) is 28.8. The number of hydrogen-bond acceptors (Lipinski definition) is 4. The van der Waals surface area contributed by atoms with Crippen LogP contribution in [0.15, 0.2) is 202 Å². The molecule has 9 aromatic rings. The zero-order valence-electron chi connectivity index (χ0n) is 28.8. The molecule has 0 saturated carbocycles. The van der Waals surface area contributed by atoms with E-state index in [1.54, 1.807) is 0 Å². The maximum atomic E-state index is 6.73. The Morgan fingerprint density at radius 2 is 0.868 bits per heavy atom. The fourth-order valence-electron chi connectivity index (χ4n) is 7.43. The monoisotopic (exact) mass is 679 g/mol. The number of fused-ring (bicyclic) bond motifs is 4. The van der Waals surface area contributed by atoms with Gasteiger partial charge in [-0.1, -0.05) is 158 Å². The number of aliphatic imine (C=N–C) groups is 2. The third-order valence-corrected chi connectivity index (χ3v) is 10.1. The van der Waals surface area contributed by atoms with Crippen LogP contribution in [-0.2, 0) is 0 Å². The first-order chi connectivity index (χ1) is 26.2. The molecule has 0 amide bonds. The summed E-state index contributed by atoms with van der Waals surface area (Å²) in [7, 11) is 0. The molecule has 10 rings (SSSR count). The first-order valence-corrected chi connectivity index (χ1v) is 17.9. The molecule has 0 bridgehead atoms. The lowest BCUT2D eigenvalue weighted by Crippen LogP contribution is -2.36. The molecule has 53 heavy (non-hydrogen) atoms. The molecular formula is C49H33N3O. The van der Waals surface area contributed by atoms with Crippen molar-refractivity contribution in [2.45, 2.75) is 6.17 Å². The van der Waals surface area contributed by atoms with Gasteiger partial charge in [-0.25, -0.2) is 9.98 Å². The summed E-state index contributed by atoms with van der Waals surface area (Å²) in [6, 6.07) is 65.8. The van der Waals surface area contributed by atoms with Crippen molar-refractivity contribution in [3.05, 3.63) is 205 Å². The van der Waals surface area contributed by atoms with Crippen molar-refractivity contribution in [2.24, 2.45) is 9.98 Å². The van der Waals surface area contributed by atoms with E-state index >= 15 is 0 Å². The minimum Gasteiger partial charge on any atom is -0.456 e. The Balaban J connectivity index is 1.19. The maximum absolute atomic E-state index is 6.73. The highest BCUT2D eigenvalue weighted by Crippen LogP contribution is 2.42. The van der Waals surface area contributed by atoms with Crippen LogP contribution in [0, 0.1) is 0 Å². The van der Waals surface area contributed by atoms with E-state index in [1.165, 1.54) is 11.1 Å². The highest BCUT2D eigenvalue weighted by atomic mass is 16.3. The van der Waals surface area contributed by atoms with Crippen molar-refractivity contribution in [1.82, 2.24) is 5.32 Å². The normalized spacial score (nSPS) is 14.2. The van der Waals surface area contributed by atoms with Gasteiger partial charge in [0.1, 0.15) is 22.8 Å². The average Bonchev–Trinajstić information content (AvgIpc) is 3.60. The van der Waals surface area contributed by atoms with Crippen molar-refractivity contribution in [2.75, 3.05) is 0 Å². The van der Waals surface area contributed by atoms with Crippen LogP contribution in [0.2, 0.25) is 0 Å². The second-order valence-electron chi connectivity index (χ2n) is 13.4. The van der Waals surface area contributed by atoms with Crippen molar-refractivity contribution >= 4 is 44.4 Å². The van der Waals surface area contributed by atoms with Crippen LogP contribution < -0.4 is 5.32 Å². The summed E-state index contributed by atoms with van der Waals surface area (Å²) in [6.45, 7) is 0. The second kappa shape index (κ2) is 12.9. The average molecular weight is 680 g/mol. The largest absolute Gasteiger partial charge is 0.456 e. The minimum atomic E-state index is -0.540. The van der Waals surface area contributed by atoms with Crippen LogP contribution in [0.4, 0.5) is 0 Å². The molecule has 8 aromatic carbocycles. The van der Waals surface area contributed by atoms with Crippen LogP contribution in [0.3, 0.4) is 0 Å². The molecule has 1 unspecified atom stereocenters. The van der Waals surface area contributed by atoms with Gasteiger partial charge in [-0.3, -0.25) is 0 Å². The van der Waals surface area contributed by atoms with E-state index in [-0.39, 0.29) is 0 Å². The van der Waals surface area contributed by atoms with E-state index in [0.29, 0.717) is 0 Å². The van der Waals surface area contributed by atoms with Crippen molar-refractivity contribution in [1.29, 1.82) is 0 Å². The summed E-state index contributed by atoms with van der Waals surface area (Å²) in [6.07, 6.45) is -0.540. The van der Waals surface area contributed by atoms with E-state index in [9.17, 15) is 0 Å². The topological polar surface area (TPSA) is 49.9 Å². The summed E-state index contributed by atoms with van der Waals surface area (Å²) in [5.74, 6) is 1.54. The van der Waals surface area contributed by atoms with E-state index in [1.807, 2.05) is 30.3 Å². The predicted molar refractivity (Wildman–Crippen MR) is 219 cm³/mol. The number of furan rings is 1. The van der Waals surface area contributed by atoms with Gasteiger partial charge in [0.2, 0.25) is 0 Å². The minimum absolute atomic E-state index is 0.540. The number of nitrogens with one attached hydrogen (secondary N) is 1. The van der Waals surface area contributed by atoms with Gasteiger partial charge < -0.3 is 9.73 Å². The highest BCUT2D eigenvalue weighted by molar-refractivity contribution is 6.17. The van der Waals surface area contributed by atoms with Gasteiger partial charge in [-0.15, -0.1) is 0 Å². The highest BCUT2D eigenvalue weighted by Gasteiger charge is 2.25. The summed E-state index contributed by atoms with van der Waals surface area (Å²) < 4.78 is 6.73. The molecule has 250 valence electrons. The molecule has 0 fully saturated rings. The van der Waals surface area contributed by atoms with E-state index in [0.717, 1.165) is 83.3 Å². The Hall–Kier alpha value is -7.04. The van der Waals surface area contributed by atoms with Gasteiger partial charge in [0.25, 0.3) is 0 Å². The molecule has 4 heteroatoms. The molecule has 1 aromatic heterocycles. The Morgan fingerprint density at radius 3 is 1.53 bits per heavy atom. The lowest BCUT2D eigenvalue weighted by Gasteiger charge is -2.23. The van der Waals surface area contributed by atoms with Gasteiger partial charge in [-0.2, -0.15) is 0 Å². The van der Waals surface area contributed by atoms with E-state index < -0.39 is 6.17 Å². The number of benzene rings is 8. The van der Waals surface area contributed by atoms with Crippen LogP contribution in [0.1, 0.15) is 22.9 Å². The molecule has 1 N–H and O–H groups in total. The van der Waals surface area contributed by atoms with Gasteiger partial charge in [-0.05, 0) is 74.5 Å². The van der Waals surface area contributed by atoms with Crippen LogP contribution in [-0.4, -0.2) is 11.7 Å². The molecule has 0 radical (unpaired) electrons. The Labute approximate surface area is 307 Å². The standard InChI is InChI=1S/C49H33N3O/c1-4-13-32(14-5-1)34-23-25-36(26-24-34)48-50-47(35-17-8-3-9-18-35)51-49(52-48)43-29-41(38-22-12-21-37(27-38)33-15-6-2-7-16-33)31-45-46(43)42-28-39-19-10-11-20-40(39)30-44(42)53-45/h1-31,49H,(H,50,51,52). The van der Waals surface area contributed by atoms with Gasteiger partial charge in [0, 0.05) is 27.5 Å². The summed E-state index contributed by atoms with van der Waals surface area (Å²) in [5.41, 5.74) is 11.4. The van der Waals surface area contributed by atoms with Gasteiger partial charge in [0.15, 0.2) is 6.17 Å². The Kier molecular flexibility index (Phi) is 7.51.